The highest BCUT2D eigenvalue weighted by atomic mass is 35.5. The Morgan fingerprint density at radius 2 is 1.88 bits per heavy atom. The molecule has 1 amide bonds. The fourth-order valence-corrected chi connectivity index (χ4v) is 3.54. The maximum Gasteiger partial charge on any atom is 0.305 e. The zero-order valence-corrected chi connectivity index (χ0v) is 15.0. The highest BCUT2D eigenvalue weighted by Crippen LogP contribution is 2.33. The minimum absolute atomic E-state index is 0.271. The molecule has 0 bridgehead atoms. The van der Waals surface area contributed by atoms with E-state index in [-0.39, 0.29) is 12.3 Å². The summed E-state index contributed by atoms with van der Waals surface area (Å²) in [5.41, 5.74) is 1.43. The molecule has 26 heavy (non-hydrogen) atoms. The summed E-state index contributed by atoms with van der Waals surface area (Å²) in [5.74, 6) is -1.35. The molecule has 1 heterocycles. The first-order valence-electron chi connectivity index (χ1n) is 7.68. The number of anilines is 1. The van der Waals surface area contributed by atoms with Crippen LogP contribution in [-0.2, 0) is 9.59 Å². The van der Waals surface area contributed by atoms with E-state index in [1.54, 1.807) is 54.7 Å². The zero-order valence-electron chi connectivity index (χ0n) is 13.4. The van der Waals surface area contributed by atoms with Crippen molar-refractivity contribution in [2.45, 2.75) is 11.7 Å². The van der Waals surface area contributed by atoms with Gasteiger partial charge in [-0.1, -0.05) is 53.7 Å². The van der Waals surface area contributed by atoms with E-state index in [2.05, 4.69) is 10.2 Å². The van der Waals surface area contributed by atoms with E-state index in [1.807, 2.05) is 6.07 Å². The Morgan fingerprint density at radius 3 is 2.54 bits per heavy atom. The fourth-order valence-electron chi connectivity index (χ4n) is 2.33. The quantitative estimate of drug-likeness (QED) is 0.627. The van der Waals surface area contributed by atoms with Crippen LogP contribution in [0.3, 0.4) is 0 Å². The molecule has 3 rings (SSSR count). The Morgan fingerprint density at radius 1 is 1.19 bits per heavy atom. The number of hydrogen-bond acceptors (Lipinski definition) is 5. The molecular formula is C18H14ClN3O3S. The number of amides is 1. The SMILES string of the molecule is O=C(O)C[C@H]1SC(=NN=Cc2ccc(Cl)cc2)N(c2ccccc2)C1=O. The Labute approximate surface area is 159 Å². The van der Waals surface area contributed by atoms with Crippen LogP contribution in [0.1, 0.15) is 12.0 Å². The van der Waals surface area contributed by atoms with E-state index in [0.29, 0.717) is 15.9 Å². The number of benzene rings is 2. The number of carboxylic acid groups (broad SMARTS) is 1. The average molecular weight is 388 g/mol. The predicted octanol–water partition coefficient (Wildman–Crippen LogP) is 3.65. The van der Waals surface area contributed by atoms with Crippen molar-refractivity contribution < 1.29 is 14.7 Å². The monoisotopic (exact) mass is 387 g/mol. The summed E-state index contributed by atoms with van der Waals surface area (Å²) in [6.45, 7) is 0. The van der Waals surface area contributed by atoms with Gasteiger partial charge >= 0.3 is 5.97 Å². The number of aliphatic carboxylic acids is 1. The minimum atomic E-state index is -1.03. The summed E-state index contributed by atoms with van der Waals surface area (Å²) in [6.07, 6.45) is 1.27. The molecule has 6 nitrogen and oxygen atoms in total. The molecule has 0 unspecified atom stereocenters. The van der Waals surface area contributed by atoms with Crippen LogP contribution >= 0.6 is 23.4 Å². The normalized spacial score (nSPS) is 18.8. The molecule has 1 aliphatic heterocycles. The first-order valence-corrected chi connectivity index (χ1v) is 8.94. The van der Waals surface area contributed by atoms with Gasteiger partial charge in [0.2, 0.25) is 5.91 Å². The smallest absolute Gasteiger partial charge is 0.305 e. The molecule has 1 aliphatic rings. The molecule has 2 aromatic rings. The second-order valence-corrected chi connectivity index (χ2v) is 7.00. The Kier molecular flexibility index (Phi) is 5.70. The molecule has 1 atom stereocenters. The first-order chi connectivity index (χ1) is 12.5. The molecule has 132 valence electrons. The van der Waals surface area contributed by atoms with Crippen LogP contribution in [0.15, 0.2) is 64.8 Å². The lowest BCUT2D eigenvalue weighted by Crippen LogP contribution is -2.32. The van der Waals surface area contributed by atoms with Crippen molar-refractivity contribution in [3.63, 3.8) is 0 Å². The van der Waals surface area contributed by atoms with Crippen molar-refractivity contribution in [2.24, 2.45) is 10.2 Å². The summed E-state index contributed by atoms with van der Waals surface area (Å²) in [5, 5.41) is 17.4. The molecule has 0 radical (unpaired) electrons. The van der Waals surface area contributed by atoms with Crippen LogP contribution in [0, 0.1) is 0 Å². The van der Waals surface area contributed by atoms with Gasteiger partial charge < -0.3 is 5.11 Å². The van der Waals surface area contributed by atoms with E-state index in [9.17, 15) is 9.59 Å². The summed E-state index contributed by atoms with van der Waals surface area (Å²) in [6, 6.07) is 16.0. The van der Waals surface area contributed by atoms with Crippen LogP contribution in [-0.4, -0.2) is 33.6 Å². The molecule has 8 heteroatoms. The molecule has 2 aromatic carbocycles. The summed E-state index contributed by atoms with van der Waals surface area (Å²) in [7, 11) is 0. The van der Waals surface area contributed by atoms with Crippen LogP contribution in [0.2, 0.25) is 5.02 Å². The van der Waals surface area contributed by atoms with Crippen molar-refractivity contribution >= 4 is 52.3 Å². The highest BCUT2D eigenvalue weighted by Gasteiger charge is 2.40. The van der Waals surface area contributed by atoms with Gasteiger partial charge in [-0.3, -0.25) is 14.5 Å². The van der Waals surface area contributed by atoms with Crippen LogP contribution < -0.4 is 4.90 Å². The summed E-state index contributed by atoms with van der Waals surface area (Å²) < 4.78 is 0. The summed E-state index contributed by atoms with van der Waals surface area (Å²) >= 11 is 6.94. The number of thioether (sulfide) groups is 1. The Hall–Kier alpha value is -2.64. The number of carbonyl (C=O) groups excluding carboxylic acids is 1. The van der Waals surface area contributed by atoms with E-state index >= 15 is 0 Å². The maximum atomic E-state index is 12.6. The lowest BCUT2D eigenvalue weighted by molar-refractivity contribution is -0.138. The first kappa shape index (κ1) is 18.2. The predicted molar refractivity (Wildman–Crippen MR) is 104 cm³/mol. The van der Waals surface area contributed by atoms with Crippen LogP contribution in [0.4, 0.5) is 5.69 Å². The van der Waals surface area contributed by atoms with Gasteiger partial charge in [-0.2, -0.15) is 5.10 Å². The third kappa shape index (κ3) is 4.30. The minimum Gasteiger partial charge on any atom is -0.481 e. The molecular weight excluding hydrogens is 374 g/mol. The zero-order chi connectivity index (χ0) is 18.5. The molecule has 1 saturated heterocycles. The van der Waals surface area contributed by atoms with E-state index in [0.717, 1.165) is 17.3 Å². The van der Waals surface area contributed by atoms with Crippen molar-refractivity contribution in [3.8, 4) is 0 Å². The molecule has 1 N–H and O–H groups in total. The van der Waals surface area contributed by atoms with Gasteiger partial charge in [-0.05, 0) is 29.8 Å². The second kappa shape index (κ2) is 8.16. The van der Waals surface area contributed by atoms with E-state index < -0.39 is 11.2 Å². The lowest BCUT2D eigenvalue weighted by atomic mass is 10.2. The second-order valence-electron chi connectivity index (χ2n) is 5.39. The number of nitrogens with zero attached hydrogens (tertiary/aromatic N) is 3. The largest absolute Gasteiger partial charge is 0.481 e. The van der Waals surface area contributed by atoms with Gasteiger partial charge in [0.05, 0.1) is 18.3 Å². The van der Waals surface area contributed by atoms with Gasteiger partial charge in [0, 0.05) is 5.02 Å². The standard InChI is InChI=1S/C18H14ClN3O3S/c19-13-8-6-12(7-9-13)11-20-21-18-22(14-4-2-1-3-5-14)17(25)15(26-18)10-16(23)24/h1-9,11,15H,10H2,(H,23,24)/t15-/m1/s1. The molecule has 0 saturated carbocycles. The lowest BCUT2D eigenvalue weighted by Gasteiger charge is -2.15. The number of hydrogen-bond donors (Lipinski definition) is 1. The van der Waals surface area contributed by atoms with Gasteiger partial charge in [-0.25, -0.2) is 0 Å². The van der Waals surface area contributed by atoms with Crippen molar-refractivity contribution in [1.82, 2.24) is 0 Å². The number of rotatable bonds is 5. The molecule has 1 fully saturated rings. The molecule has 0 aromatic heterocycles. The third-order valence-electron chi connectivity index (χ3n) is 3.53. The van der Waals surface area contributed by atoms with Crippen LogP contribution in [0.5, 0.6) is 0 Å². The fraction of sp³-hybridized carbons (Fsp3) is 0.111. The van der Waals surface area contributed by atoms with Crippen molar-refractivity contribution in [3.05, 3.63) is 65.2 Å². The Balaban J connectivity index is 1.87. The van der Waals surface area contributed by atoms with Crippen LogP contribution in [0.25, 0.3) is 0 Å². The number of amidine groups is 1. The molecule has 0 aliphatic carbocycles. The average Bonchev–Trinajstić information content (AvgIpc) is 2.92. The van der Waals surface area contributed by atoms with Gasteiger partial charge in [0.25, 0.3) is 0 Å². The van der Waals surface area contributed by atoms with Gasteiger partial charge in [0.15, 0.2) is 5.17 Å². The number of carbonyl (C=O) groups is 2. The topological polar surface area (TPSA) is 82.3 Å². The summed E-state index contributed by atoms with van der Waals surface area (Å²) in [4.78, 5) is 25.0. The number of carboxylic acids is 1. The molecule has 0 spiro atoms. The van der Waals surface area contributed by atoms with Gasteiger partial charge in [-0.15, -0.1) is 5.10 Å². The highest BCUT2D eigenvalue weighted by molar-refractivity contribution is 8.16. The van der Waals surface area contributed by atoms with Gasteiger partial charge in [0.1, 0.15) is 5.25 Å². The number of para-hydroxylation sites is 1. The van der Waals surface area contributed by atoms with Crippen molar-refractivity contribution in [2.75, 3.05) is 4.90 Å². The van der Waals surface area contributed by atoms with E-state index in [1.165, 1.54) is 4.90 Å². The van der Waals surface area contributed by atoms with Crippen molar-refractivity contribution in [1.29, 1.82) is 0 Å². The Bertz CT molecular complexity index is 869. The third-order valence-corrected chi connectivity index (χ3v) is 4.91. The number of halogens is 1. The maximum absolute atomic E-state index is 12.6. The van der Waals surface area contributed by atoms with E-state index in [4.69, 9.17) is 16.7 Å².